The molecule has 2 N–H and O–H groups in total. The molecule has 1 saturated heterocycles. The molecular weight excluding hydrogens is 360 g/mol. The first-order chi connectivity index (χ1) is 14.1. The van der Waals surface area contributed by atoms with E-state index >= 15 is 0 Å². The minimum Gasteiger partial charge on any atom is -0.633 e. The van der Waals surface area contributed by atoms with Gasteiger partial charge in [-0.25, -0.2) is 0 Å². The molecule has 4 rings (SSSR count). The van der Waals surface area contributed by atoms with Crippen LogP contribution in [-0.4, -0.2) is 55.0 Å². The molecule has 0 spiro atoms. The molecule has 29 heavy (non-hydrogen) atoms. The zero-order valence-electron chi connectivity index (χ0n) is 17.5. The number of piperidine rings is 1. The largest absolute Gasteiger partial charge is 0.633 e. The number of anilines is 2. The Kier molecular flexibility index (Phi) is 6.38. The quantitative estimate of drug-likeness (QED) is 0.518. The number of hydroxylamine groups is 3. The molecular formula is C24H34N4O. The fourth-order valence-corrected chi connectivity index (χ4v) is 4.75. The van der Waals surface area contributed by atoms with Crippen molar-refractivity contribution in [2.75, 3.05) is 43.9 Å². The highest BCUT2D eigenvalue weighted by atomic mass is 16.5. The topological polar surface area (TPSA) is 50.4 Å². The average molecular weight is 395 g/mol. The summed E-state index contributed by atoms with van der Waals surface area (Å²) in [6, 6.07) is 19.3. The number of quaternary nitrogens is 1. The molecule has 2 aliphatic rings. The zero-order valence-corrected chi connectivity index (χ0v) is 17.5. The van der Waals surface area contributed by atoms with E-state index in [9.17, 15) is 5.21 Å². The van der Waals surface area contributed by atoms with E-state index in [1.54, 1.807) is 0 Å². The van der Waals surface area contributed by atoms with E-state index < -0.39 is 0 Å². The van der Waals surface area contributed by atoms with E-state index in [2.05, 4.69) is 77.2 Å². The van der Waals surface area contributed by atoms with Crippen molar-refractivity contribution in [3.8, 4) is 0 Å². The second-order valence-electron chi connectivity index (χ2n) is 8.73. The molecule has 156 valence electrons. The monoisotopic (exact) mass is 394 g/mol. The third-order valence-corrected chi connectivity index (χ3v) is 6.51. The maximum Gasteiger partial charge on any atom is 0.0967 e. The summed E-state index contributed by atoms with van der Waals surface area (Å²) in [6.45, 7) is 3.24. The number of nitrogens with one attached hydrogen (secondary N) is 2. The van der Waals surface area contributed by atoms with E-state index in [-0.39, 0.29) is 10.8 Å². The number of rotatable bonds is 8. The number of likely N-dealkylation sites (N-methyl/N-ethyl adjacent to an activating group) is 1. The van der Waals surface area contributed by atoms with Crippen LogP contribution in [0, 0.1) is 5.21 Å². The third-order valence-electron chi connectivity index (χ3n) is 6.51. The van der Waals surface area contributed by atoms with Crippen LogP contribution in [-0.2, 0) is 6.42 Å². The van der Waals surface area contributed by atoms with Gasteiger partial charge in [-0.15, -0.1) is 0 Å². The molecule has 2 aromatic rings. The van der Waals surface area contributed by atoms with Gasteiger partial charge < -0.3 is 20.5 Å². The standard InChI is InChI=1S/C24H34N4O/c1-27(16-15-20-9-3-2-4-10-20)21-11-7-17-28(29,19-21)18-8-14-24-25-22-12-5-6-13-23(22)26-24/h2-6,9-10,12-13,21,24-26H,7-8,11,14-19H2,1H3. The van der Waals surface area contributed by atoms with Crippen LogP contribution in [0.4, 0.5) is 11.4 Å². The summed E-state index contributed by atoms with van der Waals surface area (Å²) in [7, 11) is 2.19. The highest BCUT2D eigenvalue weighted by Gasteiger charge is 2.30. The summed E-state index contributed by atoms with van der Waals surface area (Å²) in [6.07, 6.45) is 5.40. The van der Waals surface area contributed by atoms with E-state index in [0.29, 0.717) is 6.04 Å². The van der Waals surface area contributed by atoms with Crippen molar-refractivity contribution >= 4 is 11.4 Å². The van der Waals surface area contributed by atoms with E-state index in [4.69, 9.17) is 0 Å². The van der Waals surface area contributed by atoms with E-state index in [0.717, 1.165) is 58.3 Å². The first-order valence-corrected chi connectivity index (χ1v) is 11.0. The zero-order chi connectivity index (χ0) is 20.1. The van der Waals surface area contributed by atoms with Gasteiger partial charge in [-0.2, -0.15) is 0 Å². The molecule has 2 atom stereocenters. The number of fused-ring (bicyclic) bond motifs is 1. The van der Waals surface area contributed by atoms with Gasteiger partial charge in [-0.1, -0.05) is 42.5 Å². The second-order valence-corrected chi connectivity index (χ2v) is 8.73. The summed E-state index contributed by atoms with van der Waals surface area (Å²) in [5, 5.41) is 20.4. The Hall–Kier alpha value is -2.08. The lowest BCUT2D eigenvalue weighted by Gasteiger charge is -2.50. The van der Waals surface area contributed by atoms with Crippen LogP contribution in [0.2, 0.25) is 0 Å². The highest BCUT2D eigenvalue weighted by molar-refractivity contribution is 5.74. The lowest BCUT2D eigenvalue weighted by Crippen LogP contribution is -2.56. The van der Waals surface area contributed by atoms with Gasteiger partial charge in [0.05, 0.1) is 43.2 Å². The normalized spacial score (nSPS) is 24.2. The van der Waals surface area contributed by atoms with Gasteiger partial charge in [0.15, 0.2) is 0 Å². The molecule has 5 heteroatoms. The van der Waals surface area contributed by atoms with Crippen LogP contribution in [0.5, 0.6) is 0 Å². The van der Waals surface area contributed by atoms with Gasteiger partial charge in [-0.05, 0) is 50.4 Å². The summed E-state index contributed by atoms with van der Waals surface area (Å²) in [4.78, 5) is 2.41. The molecule has 2 unspecified atom stereocenters. The van der Waals surface area contributed by atoms with Crippen LogP contribution < -0.4 is 10.6 Å². The Morgan fingerprint density at radius 1 is 1.03 bits per heavy atom. The SMILES string of the molecule is CN(CCc1ccccc1)C1CCC[N+]([O-])(CCCC2Nc3ccccc3N2)C1. The van der Waals surface area contributed by atoms with Crippen molar-refractivity contribution in [1.82, 2.24) is 4.90 Å². The van der Waals surface area contributed by atoms with Crippen molar-refractivity contribution in [1.29, 1.82) is 0 Å². The van der Waals surface area contributed by atoms with Gasteiger partial charge >= 0.3 is 0 Å². The molecule has 0 amide bonds. The average Bonchev–Trinajstić information content (AvgIpc) is 3.15. The van der Waals surface area contributed by atoms with Crippen LogP contribution in [0.1, 0.15) is 31.2 Å². The maximum atomic E-state index is 13.4. The minimum absolute atomic E-state index is 0.0278. The number of hydrogen-bond donors (Lipinski definition) is 2. The Balaban J connectivity index is 1.22. The first-order valence-electron chi connectivity index (χ1n) is 11.0. The van der Waals surface area contributed by atoms with Gasteiger partial charge in [0.25, 0.3) is 0 Å². The van der Waals surface area contributed by atoms with E-state index in [1.165, 1.54) is 16.9 Å². The van der Waals surface area contributed by atoms with Crippen molar-refractivity contribution in [2.45, 2.75) is 44.3 Å². The predicted octanol–water partition coefficient (Wildman–Crippen LogP) is 4.28. The fraction of sp³-hybridized carbons (Fsp3) is 0.500. The highest BCUT2D eigenvalue weighted by Crippen LogP contribution is 2.30. The predicted molar refractivity (Wildman–Crippen MR) is 121 cm³/mol. The van der Waals surface area contributed by atoms with Gasteiger partial charge in [0.1, 0.15) is 0 Å². The Morgan fingerprint density at radius 2 is 1.72 bits per heavy atom. The molecule has 5 nitrogen and oxygen atoms in total. The van der Waals surface area contributed by atoms with Crippen molar-refractivity contribution < 1.29 is 4.65 Å². The lowest BCUT2D eigenvalue weighted by molar-refractivity contribution is -0.887. The summed E-state index contributed by atoms with van der Waals surface area (Å²) >= 11 is 0. The molecule has 2 aliphatic heterocycles. The maximum absolute atomic E-state index is 13.4. The summed E-state index contributed by atoms with van der Waals surface area (Å²) in [5.41, 5.74) is 3.71. The fourth-order valence-electron chi connectivity index (χ4n) is 4.75. The Morgan fingerprint density at radius 3 is 2.45 bits per heavy atom. The van der Waals surface area contributed by atoms with Gasteiger partial charge in [0.2, 0.25) is 0 Å². The number of nitrogens with zero attached hydrogens (tertiary/aromatic N) is 2. The van der Waals surface area contributed by atoms with Crippen LogP contribution in [0.15, 0.2) is 54.6 Å². The smallest absolute Gasteiger partial charge is 0.0967 e. The molecule has 2 heterocycles. The Bertz CT molecular complexity index is 758. The summed E-state index contributed by atoms with van der Waals surface area (Å²) < 4.78 is -0.0278. The lowest BCUT2D eigenvalue weighted by atomic mass is 10.0. The minimum atomic E-state index is -0.0278. The van der Waals surface area contributed by atoms with Crippen LogP contribution in [0.25, 0.3) is 0 Å². The summed E-state index contributed by atoms with van der Waals surface area (Å²) in [5.74, 6) is 0. The second kappa shape index (κ2) is 9.16. The van der Waals surface area contributed by atoms with Gasteiger partial charge in [0, 0.05) is 13.0 Å². The molecule has 2 aromatic carbocycles. The van der Waals surface area contributed by atoms with Crippen LogP contribution in [0.3, 0.4) is 0 Å². The molecule has 0 radical (unpaired) electrons. The molecule has 0 aromatic heterocycles. The van der Waals surface area contributed by atoms with Crippen molar-refractivity contribution in [3.05, 3.63) is 65.4 Å². The Labute approximate surface area is 174 Å². The number of likely N-dealkylation sites (tertiary alicyclic amines) is 1. The van der Waals surface area contributed by atoms with Crippen molar-refractivity contribution in [3.63, 3.8) is 0 Å². The molecule has 0 saturated carbocycles. The number of benzene rings is 2. The molecule has 1 fully saturated rings. The number of hydrogen-bond acceptors (Lipinski definition) is 4. The van der Waals surface area contributed by atoms with Gasteiger partial charge in [-0.3, -0.25) is 4.90 Å². The molecule has 0 aliphatic carbocycles. The first kappa shape index (κ1) is 20.2. The molecule has 0 bridgehead atoms. The van der Waals surface area contributed by atoms with Crippen LogP contribution >= 0.6 is 0 Å². The van der Waals surface area contributed by atoms with Crippen molar-refractivity contribution in [2.24, 2.45) is 0 Å². The number of para-hydroxylation sites is 2. The third kappa shape index (κ3) is 5.30. The van der Waals surface area contributed by atoms with E-state index in [1.807, 2.05) is 0 Å².